The van der Waals surface area contributed by atoms with E-state index in [0.29, 0.717) is 6.04 Å². The molecule has 0 bridgehead atoms. The van der Waals surface area contributed by atoms with Crippen molar-refractivity contribution in [3.63, 3.8) is 0 Å². The molecule has 1 atom stereocenters. The zero-order valence-corrected chi connectivity index (χ0v) is 20.6. The number of fused-ring (bicyclic) bond motifs is 2. The molecular weight excluding hydrogens is 446 g/mol. The highest BCUT2D eigenvalue weighted by molar-refractivity contribution is 5.95. The first kappa shape index (κ1) is 22.2. The van der Waals surface area contributed by atoms with Gasteiger partial charge in [-0.1, -0.05) is 43.0 Å². The molecule has 6 rings (SSSR count). The molecule has 1 saturated heterocycles. The molecular formula is C29H29N7. The van der Waals surface area contributed by atoms with Crippen LogP contribution in [0, 0.1) is 0 Å². The first-order valence-electron chi connectivity index (χ1n) is 12.5. The summed E-state index contributed by atoms with van der Waals surface area (Å²) < 4.78 is 2.02. The molecule has 0 amide bonds. The third kappa shape index (κ3) is 3.86. The van der Waals surface area contributed by atoms with E-state index >= 15 is 0 Å². The Labute approximate surface area is 210 Å². The van der Waals surface area contributed by atoms with Gasteiger partial charge in [-0.3, -0.25) is 9.38 Å². The van der Waals surface area contributed by atoms with Gasteiger partial charge in [0.25, 0.3) is 0 Å². The molecule has 1 N–H and O–H groups in total. The molecule has 180 valence electrons. The monoisotopic (exact) mass is 475 g/mol. The number of benzene rings is 2. The van der Waals surface area contributed by atoms with E-state index in [1.807, 2.05) is 28.9 Å². The minimum absolute atomic E-state index is 0.155. The lowest BCUT2D eigenvalue weighted by Gasteiger charge is -2.30. The van der Waals surface area contributed by atoms with E-state index in [1.165, 1.54) is 10.8 Å². The van der Waals surface area contributed by atoms with Gasteiger partial charge in [-0.2, -0.15) is 0 Å². The minimum atomic E-state index is 0.155. The Kier molecular flexibility index (Phi) is 5.60. The van der Waals surface area contributed by atoms with Gasteiger partial charge in [0.1, 0.15) is 6.33 Å². The number of hydrogen-bond donors (Lipinski definition) is 1. The number of hydrogen-bond acceptors (Lipinski definition) is 6. The van der Waals surface area contributed by atoms with Gasteiger partial charge in [0.05, 0.1) is 17.3 Å². The van der Waals surface area contributed by atoms with Crippen LogP contribution in [-0.2, 0) is 0 Å². The highest BCUT2D eigenvalue weighted by Gasteiger charge is 2.31. The van der Waals surface area contributed by atoms with Crippen LogP contribution in [0.4, 0.5) is 5.95 Å². The highest BCUT2D eigenvalue weighted by atomic mass is 15.4. The Morgan fingerprint density at radius 3 is 2.64 bits per heavy atom. The second-order valence-electron chi connectivity index (χ2n) is 9.63. The SMILES string of the molecule is C=C(NC(C)C)[C@@H]1CCCN1c1nc(-c2ccncc2)c(-c2ccc3ccccc3c2)c2nncn12. The van der Waals surface area contributed by atoms with Crippen molar-refractivity contribution in [3.05, 3.63) is 85.6 Å². The molecule has 0 spiro atoms. The third-order valence-electron chi connectivity index (χ3n) is 6.81. The summed E-state index contributed by atoms with van der Waals surface area (Å²) in [5.41, 5.74) is 5.69. The summed E-state index contributed by atoms with van der Waals surface area (Å²) in [4.78, 5) is 11.9. The third-order valence-corrected chi connectivity index (χ3v) is 6.81. The fraction of sp³-hybridized carbons (Fsp3) is 0.241. The molecule has 0 unspecified atom stereocenters. The van der Waals surface area contributed by atoms with Crippen LogP contribution in [0.5, 0.6) is 0 Å². The Morgan fingerprint density at radius 1 is 1.03 bits per heavy atom. The Balaban J connectivity index is 1.58. The van der Waals surface area contributed by atoms with Gasteiger partial charge in [-0.25, -0.2) is 4.98 Å². The van der Waals surface area contributed by atoms with Crippen LogP contribution < -0.4 is 10.2 Å². The van der Waals surface area contributed by atoms with Gasteiger partial charge in [0.15, 0.2) is 5.65 Å². The maximum Gasteiger partial charge on any atom is 0.213 e. The van der Waals surface area contributed by atoms with E-state index in [-0.39, 0.29) is 6.04 Å². The van der Waals surface area contributed by atoms with E-state index in [2.05, 4.69) is 88.3 Å². The molecule has 0 saturated carbocycles. The van der Waals surface area contributed by atoms with Gasteiger partial charge in [-0.15, -0.1) is 10.2 Å². The standard InChI is InChI=1S/C29H29N7/c1-19(2)32-20(3)25-9-6-16-35(25)29-33-27(22-12-14-30-15-13-22)26(28-34-31-18-36(28)29)24-11-10-21-7-4-5-8-23(21)17-24/h4-5,7-8,10-15,17-19,25,32H,3,6,9,16H2,1-2H3/t25-/m0/s1. The van der Waals surface area contributed by atoms with E-state index in [9.17, 15) is 0 Å². The predicted molar refractivity (Wildman–Crippen MR) is 145 cm³/mol. The maximum absolute atomic E-state index is 5.31. The van der Waals surface area contributed by atoms with Crippen LogP contribution in [0.3, 0.4) is 0 Å². The number of nitrogens with one attached hydrogen (secondary N) is 1. The van der Waals surface area contributed by atoms with Crippen LogP contribution in [0.25, 0.3) is 38.8 Å². The summed E-state index contributed by atoms with van der Waals surface area (Å²) in [6.07, 6.45) is 7.49. The van der Waals surface area contributed by atoms with Gasteiger partial charge in [0, 0.05) is 36.2 Å². The van der Waals surface area contributed by atoms with E-state index in [1.54, 1.807) is 6.33 Å². The molecule has 7 nitrogen and oxygen atoms in total. The molecule has 1 aliphatic rings. The van der Waals surface area contributed by atoms with Crippen molar-refractivity contribution in [2.24, 2.45) is 0 Å². The smallest absolute Gasteiger partial charge is 0.213 e. The molecule has 1 fully saturated rings. The lowest BCUT2D eigenvalue weighted by atomic mass is 9.98. The lowest BCUT2D eigenvalue weighted by Crippen LogP contribution is -2.39. The fourth-order valence-electron chi connectivity index (χ4n) is 5.23. The van der Waals surface area contributed by atoms with Crippen molar-refractivity contribution >= 4 is 22.4 Å². The van der Waals surface area contributed by atoms with Crippen molar-refractivity contribution < 1.29 is 0 Å². The average molecular weight is 476 g/mol. The zero-order chi connectivity index (χ0) is 24.6. The second-order valence-corrected chi connectivity index (χ2v) is 9.63. The van der Waals surface area contributed by atoms with Gasteiger partial charge in [0.2, 0.25) is 5.95 Å². The number of nitrogens with zero attached hydrogens (tertiary/aromatic N) is 6. The first-order chi connectivity index (χ1) is 17.6. The number of pyridine rings is 1. The van der Waals surface area contributed by atoms with Crippen molar-refractivity contribution in [1.29, 1.82) is 0 Å². The predicted octanol–water partition coefficient (Wildman–Crippen LogP) is 5.49. The number of rotatable bonds is 6. The van der Waals surface area contributed by atoms with E-state index in [0.717, 1.165) is 59.1 Å². The number of anilines is 1. The maximum atomic E-state index is 5.31. The normalized spacial score (nSPS) is 15.8. The Hall–Kier alpha value is -4.26. The quantitative estimate of drug-likeness (QED) is 0.350. The molecule has 36 heavy (non-hydrogen) atoms. The summed E-state index contributed by atoms with van der Waals surface area (Å²) in [5, 5.41) is 14.8. The van der Waals surface area contributed by atoms with Crippen LogP contribution in [0.15, 0.2) is 85.6 Å². The lowest BCUT2D eigenvalue weighted by molar-refractivity contribution is 0.598. The molecule has 0 aliphatic carbocycles. The summed E-state index contributed by atoms with van der Waals surface area (Å²) in [6, 6.07) is 19.4. The molecule has 3 aromatic heterocycles. The van der Waals surface area contributed by atoms with Crippen LogP contribution in [-0.4, -0.2) is 43.2 Å². The molecule has 0 radical (unpaired) electrons. The Bertz CT molecular complexity index is 1550. The van der Waals surface area contributed by atoms with Gasteiger partial charge >= 0.3 is 0 Å². The van der Waals surface area contributed by atoms with Gasteiger partial charge in [-0.05, 0) is 61.2 Å². The highest BCUT2D eigenvalue weighted by Crippen LogP contribution is 2.38. The molecule has 5 aromatic rings. The first-order valence-corrected chi connectivity index (χ1v) is 12.5. The minimum Gasteiger partial charge on any atom is -0.385 e. The van der Waals surface area contributed by atoms with Crippen molar-refractivity contribution in [2.45, 2.75) is 38.8 Å². The molecule has 7 heteroatoms. The largest absolute Gasteiger partial charge is 0.385 e. The second kappa shape index (κ2) is 9.07. The Morgan fingerprint density at radius 2 is 1.83 bits per heavy atom. The van der Waals surface area contributed by atoms with E-state index in [4.69, 9.17) is 4.98 Å². The summed E-state index contributed by atoms with van der Waals surface area (Å²) in [5.74, 6) is 0.834. The fourth-order valence-corrected chi connectivity index (χ4v) is 5.23. The van der Waals surface area contributed by atoms with Gasteiger partial charge < -0.3 is 10.2 Å². The summed E-state index contributed by atoms with van der Waals surface area (Å²) >= 11 is 0. The van der Waals surface area contributed by atoms with Crippen molar-refractivity contribution in [1.82, 2.24) is 29.9 Å². The molecule has 2 aromatic carbocycles. The average Bonchev–Trinajstić information content (AvgIpc) is 3.58. The van der Waals surface area contributed by atoms with Crippen LogP contribution in [0.2, 0.25) is 0 Å². The summed E-state index contributed by atoms with van der Waals surface area (Å²) in [7, 11) is 0. The van der Waals surface area contributed by atoms with Crippen molar-refractivity contribution in [2.75, 3.05) is 11.4 Å². The van der Waals surface area contributed by atoms with Crippen LogP contribution >= 0.6 is 0 Å². The van der Waals surface area contributed by atoms with E-state index < -0.39 is 0 Å². The summed E-state index contributed by atoms with van der Waals surface area (Å²) in [6.45, 7) is 9.54. The van der Waals surface area contributed by atoms with Crippen molar-refractivity contribution in [3.8, 4) is 22.4 Å². The molecule has 4 heterocycles. The van der Waals surface area contributed by atoms with Crippen LogP contribution in [0.1, 0.15) is 26.7 Å². The molecule has 1 aliphatic heterocycles. The number of aromatic nitrogens is 5. The zero-order valence-electron chi connectivity index (χ0n) is 20.6. The topological polar surface area (TPSA) is 71.2 Å².